The second-order valence-electron chi connectivity index (χ2n) is 11.2. The maximum atomic E-state index is 14.6. The summed E-state index contributed by atoms with van der Waals surface area (Å²) in [6, 6.07) is 11.7. The summed E-state index contributed by atoms with van der Waals surface area (Å²) in [5.41, 5.74) is 4.76. The van der Waals surface area contributed by atoms with Gasteiger partial charge in [-0.2, -0.15) is 10.2 Å². The van der Waals surface area contributed by atoms with Crippen LogP contribution in [-0.2, 0) is 16.1 Å². The Morgan fingerprint density at radius 1 is 1.09 bits per heavy atom. The number of nitrogens with zero attached hydrogens (tertiary/aromatic N) is 7. The molecule has 1 aliphatic rings. The van der Waals surface area contributed by atoms with Crippen LogP contribution >= 0.6 is 0 Å². The number of nitrogens with one attached hydrogen (secondary N) is 1. The van der Waals surface area contributed by atoms with Crippen LogP contribution in [0.15, 0.2) is 54.9 Å². The number of pyridine rings is 1. The van der Waals surface area contributed by atoms with Gasteiger partial charge in [-0.3, -0.25) is 19.1 Å². The van der Waals surface area contributed by atoms with E-state index in [2.05, 4.69) is 25.5 Å². The van der Waals surface area contributed by atoms with E-state index in [0.717, 1.165) is 28.2 Å². The zero-order valence-electron chi connectivity index (χ0n) is 24.3. The van der Waals surface area contributed by atoms with Gasteiger partial charge >= 0.3 is 0 Å². The van der Waals surface area contributed by atoms with Gasteiger partial charge in [0.15, 0.2) is 11.4 Å². The number of anilines is 1. The maximum absolute atomic E-state index is 14.6. The van der Waals surface area contributed by atoms with Crippen molar-refractivity contribution in [3.63, 3.8) is 0 Å². The van der Waals surface area contributed by atoms with E-state index in [1.54, 1.807) is 28.9 Å². The number of Topliss-reactive ketones (excluding diaryl/α,β-unsaturated/α-hetero) is 1. The molecule has 11 nitrogen and oxygen atoms in total. The van der Waals surface area contributed by atoms with Crippen molar-refractivity contribution in [2.75, 3.05) is 11.9 Å². The number of alkyl halides is 1. The number of amides is 2. The number of likely N-dealkylation sites (tertiary alicyclic amines) is 1. The fraction of sp³-hybridized carbons (Fsp3) is 0.323. The minimum atomic E-state index is -1.34. The lowest BCUT2D eigenvalue weighted by molar-refractivity contribution is -0.137. The third-order valence-electron chi connectivity index (χ3n) is 7.62. The Bertz CT molecular complexity index is 1890. The summed E-state index contributed by atoms with van der Waals surface area (Å²) < 4.78 is 17.7. The minimum Gasteiger partial charge on any atom is -0.326 e. The molecule has 5 aromatic rings. The first-order chi connectivity index (χ1) is 20.6. The van der Waals surface area contributed by atoms with Gasteiger partial charge in [-0.15, -0.1) is 0 Å². The molecule has 0 spiro atoms. The molecule has 0 unspecified atom stereocenters. The monoisotopic (exact) mass is 582 g/mol. The summed E-state index contributed by atoms with van der Waals surface area (Å²) in [4.78, 5) is 49.4. The van der Waals surface area contributed by atoms with Crippen molar-refractivity contribution < 1.29 is 18.8 Å². The van der Waals surface area contributed by atoms with Crippen molar-refractivity contribution in [3.05, 3.63) is 71.9 Å². The van der Waals surface area contributed by atoms with E-state index in [0.29, 0.717) is 16.7 Å². The third kappa shape index (κ3) is 5.47. The number of carbonyl (C=O) groups is 3. The van der Waals surface area contributed by atoms with Crippen LogP contribution in [0, 0.1) is 6.92 Å². The average molecular weight is 583 g/mol. The highest BCUT2D eigenvalue weighted by Gasteiger charge is 2.40. The van der Waals surface area contributed by atoms with Gasteiger partial charge in [0.05, 0.1) is 17.8 Å². The van der Waals surface area contributed by atoms with E-state index in [1.165, 1.54) is 16.5 Å². The van der Waals surface area contributed by atoms with Crippen LogP contribution in [0.5, 0.6) is 0 Å². The van der Waals surface area contributed by atoms with Gasteiger partial charge in [-0.25, -0.2) is 18.9 Å². The predicted molar refractivity (Wildman–Crippen MR) is 158 cm³/mol. The van der Waals surface area contributed by atoms with Crippen LogP contribution < -0.4 is 5.32 Å². The third-order valence-corrected chi connectivity index (χ3v) is 7.62. The number of aryl methyl sites for hydroxylation is 1. The summed E-state index contributed by atoms with van der Waals surface area (Å²) >= 11 is 0. The molecule has 1 aliphatic heterocycles. The standard InChI is InChI=1S/C31H31FN8O3/c1-17(2)24-6-5-7-27(34-24)35-31(43)26-12-22(32)15-38(26)29(42)16-39-25-9-8-20(11-23(25)30(37-39)19(4)41)21-13-33-28-10-18(3)36-40(28)14-21/h5-11,13-14,17,22,26H,12,15-16H2,1-4H3,(H,34,35,43)/t22-,26+/m1/s1. The largest absolute Gasteiger partial charge is 0.326 e. The molecule has 4 aromatic heterocycles. The molecule has 1 aromatic carbocycles. The lowest BCUT2D eigenvalue weighted by Crippen LogP contribution is -2.44. The molecule has 0 saturated carbocycles. The van der Waals surface area contributed by atoms with Crippen LogP contribution in [0.3, 0.4) is 0 Å². The molecular weight excluding hydrogens is 551 g/mol. The molecule has 2 atom stereocenters. The van der Waals surface area contributed by atoms with E-state index < -0.39 is 24.0 Å². The number of rotatable bonds is 7. The number of ketones is 1. The molecule has 6 rings (SSSR count). The Morgan fingerprint density at radius 2 is 1.91 bits per heavy atom. The van der Waals surface area contributed by atoms with E-state index in [9.17, 15) is 18.8 Å². The number of hydrogen-bond acceptors (Lipinski definition) is 7. The number of benzene rings is 1. The Morgan fingerprint density at radius 3 is 2.67 bits per heavy atom. The molecule has 1 saturated heterocycles. The summed E-state index contributed by atoms with van der Waals surface area (Å²) in [5.74, 6) is -0.723. The van der Waals surface area contributed by atoms with Gasteiger partial charge in [-0.1, -0.05) is 26.0 Å². The van der Waals surface area contributed by atoms with Gasteiger partial charge in [0.2, 0.25) is 11.8 Å². The Labute approximate surface area is 246 Å². The first-order valence-corrected chi connectivity index (χ1v) is 14.1. The Hall–Kier alpha value is -5.00. The van der Waals surface area contributed by atoms with Crippen molar-refractivity contribution in [3.8, 4) is 11.1 Å². The number of aromatic nitrogens is 6. The molecule has 0 aliphatic carbocycles. The second-order valence-corrected chi connectivity index (χ2v) is 11.2. The summed E-state index contributed by atoms with van der Waals surface area (Å²) in [6.07, 6.45) is 2.14. The fourth-order valence-electron chi connectivity index (χ4n) is 5.46. The molecule has 220 valence electrons. The first kappa shape index (κ1) is 28.1. The number of halogens is 1. The average Bonchev–Trinajstić information content (AvgIpc) is 3.66. The molecule has 0 radical (unpaired) electrons. The Balaban J connectivity index is 1.26. The quantitative estimate of drug-likeness (QED) is 0.283. The lowest BCUT2D eigenvalue weighted by atomic mass is 10.0. The Kier molecular flexibility index (Phi) is 7.20. The van der Waals surface area contributed by atoms with Gasteiger partial charge in [0.25, 0.3) is 0 Å². The SMILES string of the molecule is CC(=O)c1nn(CC(=O)N2C[C@H](F)C[C@H]2C(=O)Nc2cccc(C(C)C)n2)c2ccc(-c3cnc4cc(C)nn4c3)cc12. The first-order valence-electron chi connectivity index (χ1n) is 14.1. The molecule has 1 fully saturated rings. The van der Waals surface area contributed by atoms with Crippen LogP contribution in [-0.4, -0.2) is 70.6 Å². The number of hydrogen-bond donors (Lipinski definition) is 1. The van der Waals surface area contributed by atoms with Gasteiger partial charge < -0.3 is 10.2 Å². The number of fused-ring (bicyclic) bond motifs is 2. The lowest BCUT2D eigenvalue weighted by Gasteiger charge is -2.23. The number of carbonyl (C=O) groups excluding carboxylic acids is 3. The molecule has 2 amide bonds. The smallest absolute Gasteiger partial charge is 0.248 e. The molecule has 1 N–H and O–H groups in total. The van der Waals surface area contributed by atoms with Crippen LogP contribution in [0.4, 0.5) is 10.2 Å². The van der Waals surface area contributed by atoms with Crippen LogP contribution in [0.2, 0.25) is 0 Å². The maximum Gasteiger partial charge on any atom is 0.248 e. The topological polar surface area (TPSA) is 127 Å². The van der Waals surface area contributed by atoms with Crippen molar-refractivity contribution in [2.45, 2.75) is 58.8 Å². The molecule has 5 heterocycles. The zero-order chi connectivity index (χ0) is 30.4. The molecule has 0 bridgehead atoms. The van der Waals surface area contributed by atoms with Crippen molar-refractivity contribution in [1.29, 1.82) is 0 Å². The molecule has 43 heavy (non-hydrogen) atoms. The fourth-order valence-corrected chi connectivity index (χ4v) is 5.46. The van der Waals surface area contributed by atoms with Crippen LogP contribution in [0.1, 0.15) is 55.0 Å². The van der Waals surface area contributed by atoms with E-state index in [1.807, 2.05) is 51.2 Å². The summed E-state index contributed by atoms with van der Waals surface area (Å²) in [6.45, 7) is 6.82. The summed E-state index contributed by atoms with van der Waals surface area (Å²) in [7, 11) is 0. The highest BCUT2D eigenvalue weighted by atomic mass is 19.1. The molecular formula is C31H31FN8O3. The minimum absolute atomic E-state index is 0.114. The van der Waals surface area contributed by atoms with Gasteiger partial charge in [0.1, 0.15) is 30.3 Å². The zero-order valence-corrected chi connectivity index (χ0v) is 24.3. The van der Waals surface area contributed by atoms with Crippen LogP contribution in [0.25, 0.3) is 27.7 Å². The predicted octanol–water partition coefficient (Wildman–Crippen LogP) is 4.35. The van der Waals surface area contributed by atoms with Gasteiger partial charge in [0, 0.05) is 48.4 Å². The van der Waals surface area contributed by atoms with Crippen molar-refractivity contribution in [2.24, 2.45) is 0 Å². The van der Waals surface area contributed by atoms with E-state index in [-0.39, 0.29) is 36.9 Å². The second kappa shape index (κ2) is 11.0. The normalized spacial score (nSPS) is 16.8. The van der Waals surface area contributed by atoms with E-state index in [4.69, 9.17) is 0 Å². The van der Waals surface area contributed by atoms with Crippen molar-refractivity contribution >= 4 is 40.0 Å². The van der Waals surface area contributed by atoms with Gasteiger partial charge in [-0.05, 0) is 42.7 Å². The summed E-state index contributed by atoms with van der Waals surface area (Å²) in [5, 5.41) is 12.2. The molecule has 12 heteroatoms. The highest BCUT2D eigenvalue weighted by molar-refractivity contribution is 6.06. The highest BCUT2D eigenvalue weighted by Crippen LogP contribution is 2.28. The van der Waals surface area contributed by atoms with E-state index >= 15 is 0 Å². The van der Waals surface area contributed by atoms with Crippen molar-refractivity contribution in [1.82, 2.24) is 34.3 Å².